The zero-order valence-electron chi connectivity index (χ0n) is 17.3. The van der Waals surface area contributed by atoms with Crippen LogP contribution in [0, 0.1) is 0 Å². The number of hydrogen-bond acceptors (Lipinski definition) is 4. The van der Waals surface area contributed by atoms with E-state index in [2.05, 4.69) is 12.1 Å². The van der Waals surface area contributed by atoms with E-state index in [0.29, 0.717) is 0 Å². The zero-order chi connectivity index (χ0) is 21.7. The fourth-order valence-corrected chi connectivity index (χ4v) is 4.16. The molecule has 0 amide bonds. The maximum absolute atomic E-state index is 11.1. The summed E-state index contributed by atoms with van der Waals surface area (Å²) in [5.41, 5.74) is 1.88. The van der Waals surface area contributed by atoms with Crippen LogP contribution in [0.1, 0.15) is 37.2 Å². The molecule has 0 saturated heterocycles. The van der Waals surface area contributed by atoms with Crippen LogP contribution in [0.25, 0.3) is 21.5 Å². The van der Waals surface area contributed by atoms with E-state index in [1.807, 2.05) is 72.8 Å². The molecule has 4 nitrogen and oxygen atoms in total. The summed E-state index contributed by atoms with van der Waals surface area (Å²) in [6, 6.07) is 27.7. The molecule has 0 aliphatic heterocycles. The third-order valence-electron chi connectivity index (χ3n) is 4.85. The Bertz CT molecular complexity index is 1240. The minimum atomic E-state index is -3.44. The molecule has 4 aromatic rings. The molecule has 0 radical (unpaired) electrons. The number of aliphatic hydroxyl groups is 1. The van der Waals surface area contributed by atoms with Crippen molar-refractivity contribution in [1.82, 2.24) is 0 Å². The van der Waals surface area contributed by atoms with Gasteiger partial charge >= 0.3 is 0 Å². The van der Waals surface area contributed by atoms with Crippen LogP contribution in [0.4, 0.5) is 0 Å². The Morgan fingerprint density at radius 1 is 0.700 bits per heavy atom. The highest BCUT2D eigenvalue weighted by Gasteiger charge is 2.14. The Hall–Kier alpha value is -2.73. The van der Waals surface area contributed by atoms with Gasteiger partial charge in [-0.3, -0.25) is 4.18 Å². The van der Waals surface area contributed by atoms with E-state index in [-0.39, 0.29) is 0 Å². The number of benzene rings is 4. The van der Waals surface area contributed by atoms with Gasteiger partial charge in [0.2, 0.25) is 0 Å². The Morgan fingerprint density at radius 3 is 1.63 bits per heavy atom. The first kappa shape index (κ1) is 22.0. The first-order valence-corrected chi connectivity index (χ1v) is 11.6. The van der Waals surface area contributed by atoms with Crippen molar-refractivity contribution < 1.29 is 17.7 Å². The van der Waals surface area contributed by atoms with E-state index < -0.39 is 22.3 Å². The summed E-state index contributed by atoms with van der Waals surface area (Å²) >= 11 is 0. The molecule has 0 heterocycles. The van der Waals surface area contributed by atoms with Gasteiger partial charge in [0.05, 0.1) is 18.5 Å². The third kappa shape index (κ3) is 5.45. The number of hydrogen-bond donors (Lipinski definition) is 1. The van der Waals surface area contributed by atoms with Crippen LogP contribution in [0.15, 0.2) is 84.9 Å². The maximum Gasteiger partial charge on any atom is 0.264 e. The zero-order valence-corrected chi connectivity index (χ0v) is 18.1. The van der Waals surface area contributed by atoms with Crippen molar-refractivity contribution in [3.63, 3.8) is 0 Å². The van der Waals surface area contributed by atoms with E-state index in [0.717, 1.165) is 33.5 Å². The van der Waals surface area contributed by atoms with E-state index in [9.17, 15) is 13.5 Å². The SMILES string of the molecule is C[C@@H](O)c1cccc2ccccc12.C[C@@H](OS(C)(=O)=O)c1cccc2ccccc12. The van der Waals surface area contributed by atoms with Crippen molar-refractivity contribution in [3.8, 4) is 0 Å². The number of rotatable bonds is 4. The number of aliphatic hydroxyl groups excluding tert-OH is 1. The van der Waals surface area contributed by atoms with Gasteiger partial charge in [-0.25, -0.2) is 0 Å². The summed E-state index contributed by atoms with van der Waals surface area (Å²) in [5.74, 6) is 0. The van der Waals surface area contributed by atoms with Crippen molar-refractivity contribution in [3.05, 3.63) is 96.1 Å². The average Bonchev–Trinajstić information content (AvgIpc) is 2.72. The molecule has 0 fully saturated rings. The highest BCUT2D eigenvalue weighted by Crippen LogP contribution is 2.27. The molecular weight excluding hydrogens is 396 g/mol. The van der Waals surface area contributed by atoms with Crippen LogP contribution in [0.3, 0.4) is 0 Å². The Labute approximate surface area is 177 Å². The van der Waals surface area contributed by atoms with Crippen molar-refractivity contribution in [2.75, 3.05) is 6.26 Å². The highest BCUT2D eigenvalue weighted by atomic mass is 32.2. The highest BCUT2D eigenvalue weighted by molar-refractivity contribution is 7.86. The summed E-state index contributed by atoms with van der Waals surface area (Å²) in [6.07, 6.45) is 0.191. The molecule has 0 aliphatic rings. The summed E-state index contributed by atoms with van der Waals surface area (Å²) in [7, 11) is -3.44. The van der Waals surface area contributed by atoms with Crippen LogP contribution >= 0.6 is 0 Å². The molecule has 0 aromatic heterocycles. The fraction of sp³-hybridized carbons (Fsp3) is 0.200. The first-order valence-electron chi connectivity index (χ1n) is 9.78. The molecule has 30 heavy (non-hydrogen) atoms. The van der Waals surface area contributed by atoms with E-state index >= 15 is 0 Å². The van der Waals surface area contributed by atoms with Crippen molar-refractivity contribution in [2.45, 2.75) is 26.1 Å². The predicted octanol–water partition coefficient (Wildman–Crippen LogP) is 5.77. The minimum Gasteiger partial charge on any atom is -0.389 e. The van der Waals surface area contributed by atoms with Gasteiger partial charge in [0, 0.05) is 0 Å². The van der Waals surface area contributed by atoms with Gasteiger partial charge in [0.25, 0.3) is 10.1 Å². The lowest BCUT2D eigenvalue weighted by Gasteiger charge is -2.13. The second-order valence-corrected chi connectivity index (χ2v) is 8.86. The van der Waals surface area contributed by atoms with Gasteiger partial charge in [-0.05, 0) is 46.5 Å². The summed E-state index contributed by atoms with van der Waals surface area (Å²) in [6.45, 7) is 3.53. The lowest BCUT2D eigenvalue weighted by atomic mass is 10.0. The predicted molar refractivity (Wildman–Crippen MR) is 123 cm³/mol. The molecule has 0 spiro atoms. The van der Waals surface area contributed by atoms with Gasteiger partial charge in [-0.15, -0.1) is 0 Å². The smallest absolute Gasteiger partial charge is 0.264 e. The van der Waals surface area contributed by atoms with Crippen molar-refractivity contribution in [2.24, 2.45) is 0 Å². The van der Waals surface area contributed by atoms with Crippen LogP contribution in [0.2, 0.25) is 0 Å². The first-order chi connectivity index (χ1) is 14.3. The lowest BCUT2D eigenvalue weighted by molar-refractivity contribution is 0.201. The number of fused-ring (bicyclic) bond motifs is 2. The Balaban J connectivity index is 0.000000177. The Kier molecular flexibility index (Phi) is 6.87. The summed E-state index contributed by atoms with van der Waals surface area (Å²) in [4.78, 5) is 0. The van der Waals surface area contributed by atoms with Crippen molar-refractivity contribution >= 4 is 31.7 Å². The van der Waals surface area contributed by atoms with E-state index in [4.69, 9.17) is 4.18 Å². The quantitative estimate of drug-likeness (QED) is 0.424. The van der Waals surface area contributed by atoms with E-state index in [1.165, 1.54) is 5.39 Å². The summed E-state index contributed by atoms with van der Waals surface area (Å²) < 4.78 is 27.3. The largest absolute Gasteiger partial charge is 0.389 e. The topological polar surface area (TPSA) is 63.6 Å². The molecule has 156 valence electrons. The minimum absolute atomic E-state index is 0.397. The normalized spacial score (nSPS) is 13.5. The molecule has 0 unspecified atom stereocenters. The maximum atomic E-state index is 11.1. The van der Waals surface area contributed by atoms with Gasteiger partial charge in [-0.1, -0.05) is 84.9 Å². The van der Waals surface area contributed by atoms with Crippen LogP contribution < -0.4 is 0 Å². The standard InChI is InChI=1S/C13H14O3S.C12H12O/c1-10(16-17(2,14)15)12-9-5-7-11-6-3-4-8-13(11)12;1-9(13)11-8-4-6-10-5-2-3-7-12(10)11/h3-10H,1-2H3;2-9,13H,1H3/t10-;9-/m11/s1. The van der Waals surface area contributed by atoms with Gasteiger partial charge in [-0.2, -0.15) is 8.42 Å². The van der Waals surface area contributed by atoms with Gasteiger partial charge < -0.3 is 5.11 Å². The molecule has 0 saturated carbocycles. The van der Waals surface area contributed by atoms with Crippen LogP contribution in [0.5, 0.6) is 0 Å². The fourth-order valence-electron chi connectivity index (χ4n) is 3.53. The molecule has 5 heteroatoms. The molecule has 4 aromatic carbocycles. The molecule has 0 aliphatic carbocycles. The van der Waals surface area contributed by atoms with Gasteiger partial charge in [0.15, 0.2) is 0 Å². The van der Waals surface area contributed by atoms with Crippen LogP contribution in [-0.4, -0.2) is 19.8 Å². The Morgan fingerprint density at radius 2 is 1.13 bits per heavy atom. The average molecular weight is 423 g/mol. The van der Waals surface area contributed by atoms with Crippen molar-refractivity contribution in [1.29, 1.82) is 0 Å². The molecule has 4 rings (SSSR count). The lowest BCUT2D eigenvalue weighted by Crippen LogP contribution is -2.07. The van der Waals surface area contributed by atoms with E-state index in [1.54, 1.807) is 13.8 Å². The third-order valence-corrected chi connectivity index (χ3v) is 5.49. The monoisotopic (exact) mass is 422 g/mol. The molecule has 2 atom stereocenters. The second kappa shape index (κ2) is 9.39. The molecular formula is C25H26O4S. The molecule has 1 N–H and O–H groups in total. The summed E-state index contributed by atoms with van der Waals surface area (Å²) in [5, 5.41) is 13.9. The molecule has 0 bridgehead atoms. The van der Waals surface area contributed by atoms with Gasteiger partial charge in [0.1, 0.15) is 0 Å². The second-order valence-electron chi connectivity index (χ2n) is 7.26. The van der Waals surface area contributed by atoms with Crippen LogP contribution in [-0.2, 0) is 14.3 Å².